The SMILES string of the molecule is COc1cccc(C(=O)/C=C/c2ccc(COc3cccc(Cl)c3C)o2)c1. The minimum absolute atomic E-state index is 0.127. The molecular formula is C22H19ClO4. The molecule has 0 aliphatic heterocycles. The molecule has 1 aromatic heterocycles. The summed E-state index contributed by atoms with van der Waals surface area (Å²) in [4.78, 5) is 12.3. The van der Waals surface area contributed by atoms with E-state index in [0.29, 0.717) is 33.6 Å². The predicted octanol–water partition coefficient (Wildman–Crippen LogP) is 5.73. The van der Waals surface area contributed by atoms with Gasteiger partial charge in [-0.25, -0.2) is 0 Å². The number of methoxy groups -OCH3 is 1. The molecular weight excluding hydrogens is 364 g/mol. The molecule has 2 aromatic carbocycles. The van der Waals surface area contributed by atoms with Crippen molar-refractivity contribution in [3.05, 3.63) is 88.3 Å². The zero-order valence-corrected chi connectivity index (χ0v) is 15.8. The maximum atomic E-state index is 12.3. The van der Waals surface area contributed by atoms with E-state index in [2.05, 4.69) is 0 Å². The van der Waals surface area contributed by atoms with Gasteiger partial charge in [0.05, 0.1) is 7.11 Å². The Balaban J connectivity index is 1.62. The van der Waals surface area contributed by atoms with E-state index in [-0.39, 0.29) is 12.4 Å². The van der Waals surface area contributed by atoms with Gasteiger partial charge in [-0.2, -0.15) is 0 Å². The van der Waals surface area contributed by atoms with E-state index in [0.717, 1.165) is 5.56 Å². The number of carbonyl (C=O) groups is 1. The maximum absolute atomic E-state index is 12.3. The first-order valence-electron chi connectivity index (χ1n) is 8.40. The van der Waals surface area contributed by atoms with Crippen LogP contribution in [0.4, 0.5) is 0 Å². The molecule has 0 saturated heterocycles. The molecule has 0 amide bonds. The molecule has 0 spiro atoms. The van der Waals surface area contributed by atoms with Gasteiger partial charge in [-0.3, -0.25) is 4.79 Å². The molecule has 3 aromatic rings. The summed E-state index contributed by atoms with van der Waals surface area (Å²) in [6.07, 6.45) is 3.11. The minimum atomic E-state index is -0.127. The van der Waals surface area contributed by atoms with Crippen LogP contribution in [0, 0.1) is 6.92 Å². The number of carbonyl (C=O) groups excluding carboxylic acids is 1. The Morgan fingerprint density at radius 1 is 1.15 bits per heavy atom. The van der Waals surface area contributed by atoms with Gasteiger partial charge in [0.2, 0.25) is 0 Å². The first-order valence-corrected chi connectivity index (χ1v) is 8.77. The van der Waals surface area contributed by atoms with E-state index >= 15 is 0 Å². The smallest absolute Gasteiger partial charge is 0.186 e. The molecule has 3 rings (SSSR count). The molecule has 0 N–H and O–H groups in total. The van der Waals surface area contributed by atoms with Gasteiger partial charge in [0.1, 0.15) is 29.6 Å². The van der Waals surface area contributed by atoms with Crippen LogP contribution in [-0.2, 0) is 6.61 Å². The van der Waals surface area contributed by atoms with Crippen molar-refractivity contribution >= 4 is 23.5 Å². The summed E-state index contributed by atoms with van der Waals surface area (Å²) in [6.45, 7) is 2.18. The van der Waals surface area contributed by atoms with Gasteiger partial charge in [-0.1, -0.05) is 29.8 Å². The van der Waals surface area contributed by atoms with Crippen LogP contribution in [-0.4, -0.2) is 12.9 Å². The first-order chi connectivity index (χ1) is 13.1. The average Bonchev–Trinajstić information content (AvgIpc) is 3.15. The predicted molar refractivity (Wildman–Crippen MR) is 106 cm³/mol. The largest absolute Gasteiger partial charge is 0.497 e. The standard InChI is InChI=1S/C22H19ClO4/c1-15-20(23)7-4-8-22(15)26-14-19-10-9-17(27-19)11-12-21(24)16-5-3-6-18(13-16)25-2/h3-13H,14H2,1-2H3/b12-11+. The second-order valence-electron chi connectivity index (χ2n) is 5.89. The van der Waals surface area contributed by atoms with Crippen LogP contribution in [0.25, 0.3) is 6.08 Å². The molecule has 0 bridgehead atoms. The number of halogens is 1. The lowest BCUT2D eigenvalue weighted by Crippen LogP contribution is -1.96. The lowest BCUT2D eigenvalue weighted by Gasteiger charge is -2.08. The molecule has 1 heterocycles. The molecule has 0 atom stereocenters. The van der Waals surface area contributed by atoms with Crippen molar-refractivity contribution in [2.75, 3.05) is 7.11 Å². The van der Waals surface area contributed by atoms with E-state index in [1.807, 2.05) is 31.2 Å². The minimum Gasteiger partial charge on any atom is -0.497 e. The summed E-state index contributed by atoms with van der Waals surface area (Å²) in [7, 11) is 1.57. The lowest BCUT2D eigenvalue weighted by atomic mass is 10.1. The van der Waals surface area contributed by atoms with Gasteiger partial charge in [0.15, 0.2) is 5.78 Å². The van der Waals surface area contributed by atoms with Crippen molar-refractivity contribution in [1.82, 2.24) is 0 Å². The zero-order valence-electron chi connectivity index (χ0n) is 15.1. The molecule has 0 radical (unpaired) electrons. The fraction of sp³-hybridized carbons (Fsp3) is 0.136. The first kappa shape index (κ1) is 18.8. The monoisotopic (exact) mass is 382 g/mol. The van der Waals surface area contributed by atoms with Gasteiger partial charge < -0.3 is 13.9 Å². The van der Waals surface area contributed by atoms with Crippen molar-refractivity contribution < 1.29 is 18.7 Å². The van der Waals surface area contributed by atoms with Crippen molar-refractivity contribution in [3.63, 3.8) is 0 Å². The van der Waals surface area contributed by atoms with Crippen LogP contribution in [0.5, 0.6) is 11.5 Å². The summed E-state index contributed by atoms with van der Waals surface area (Å²) >= 11 is 6.09. The van der Waals surface area contributed by atoms with Crippen LogP contribution >= 0.6 is 11.6 Å². The van der Waals surface area contributed by atoms with E-state index in [1.54, 1.807) is 43.5 Å². The van der Waals surface area contributed by atoms with Crippen LogP contribution in [0.1, 0.15) is 27.4 Å². The second-order valence-corrected chi connectivity index (χ2v) is 6.29. The summed E-state index contributed by atoms with van der Waals surface area (Å²) < 4.78 is 16.6. The molecule has 0 aliphatic rings. The number of ketones is 1. The van der Waals surface area contributed by atoms with Gasteiger partial charge >= 0.3 is 0 Å². The van der Waals surface area contributed by atoms with Gasteiger partial charge in [-0.15, -0.1) is 0 Å². The van der Waals surface area contributed by atoms with Crippen LogP contribution in [0.3, 0.4) is 0 Å². The Labute approximate surface area is 163 Å². The van der Waals surface area contributed by atoms with Gasteiger partial charge in [0.25, 0.3) is 0 Å². The van der Waals surface area contributed by atoms with Crippen LogP contribution in [0.2, 0.25) is 5.02 Å². The highest BCUT2D eigenvalue weighted by Crippen LogP contribution is 2.26. The van der Waals surface area contributed by atoms with Crippen molar-refractivity contribution in [2.24, 2.45) is 0 Å². The molecule has 138 valence electrons. The van der Waals surface area contributed by atoms with Crippen molar-refractivity contribution in [3.8, 4) is 11.5 Å². The highest BCUT2D eigenvalue weighted by molar-refractivity contribution is 6.31. The van der Waals surface area contributed by atoms with Gasteiger partial charge in [-0.05, 0) is 55.5 Å². The quantitative estimate of drug-likeness (QED) is 0.387. The normalized spacial score (nSPS) is 10.9. The van der Waals surface area contributed by atoms with Crippen molar-refractivity contribution in [2.45, 2.75) is 13.5 Å². The Morgan fingerprint density at radius 3 is 2.78 bits per heavy atom. The number of furan rings is 1. The number of allylic oxidation sites excluding steroid dienone is 1. The fourth-order valence-corrected chi connectivity index (χ4v) is 2.65. The Hall–Kier alpha value is -2.98. The van der Waals surface area contributed by atoms with Crippen molar-refractivity contribution in [1.29, 1.82) is 0 Å². The molecule has 27 heavy (non-hydrogen) atoms. The fourth-order valence-electron chi connectivity index (χ4n) is 2.48. The summed E-state index contributed by atoms with van der Waals surface area (Å²) in [6, 6.07) is 16.1. The third-order valence-corrected chi connectivity index (χ3v) is 4.43. The van der Waals surface area contributed by atoms with E-state index < -0.39 is 0 Å². The van der Waals surface area contributed by atoms with E-state index in [1.165, 1.54) is 6.08 Å². The maximum Gasteiger partial charge on any atom is 0.186 e. The molecule has 0 fully saturated rings. The highest BCUT2D eigenvalue weighted by Gasteiger charge is 2.07. The molecule has 0 saturated carbocycles. The number of hydrogen-bond donors (Lipinski definition) is 0. The van der Waals surface area contributed by atoms with Crippen LogP contribution in [0.15, 0.2) is 65.1 Å². The Kier molecular flexibility index (Phi) is 5.99. The van der Waals surface area contributed by atoms with E-state index in [4.69, 9.17) is 25.5 Å². The summed E-state index contributed by atoms with van der Waals surface area (Å²) in [5.41, 5.74) is 1.44. The number of rotatable bonds is 7. The average molecular weight is 383 g/mol. The molecule has 0 aliphatic carbocycles. The third-order valence-electron chi connectivity index (χ3n) is 4.02. The summed E-state index contributed by atoms with van der Waals surface area (Å²) in [5, 5.41) is 0.659. The second kappa shape index (κ2) is 8.60. The molecule has 5 heteroatoms. The number of benzene rings is 2. The molecule has 0 unspecified atom stereocenters. The van der Waals surface area contributed by atoms with E-state index in [9.17, 15) is 4.79 Å². The topological polar surface area (TPSA) is 48.7 Å². The van der Waals surface area contributed by atoms with Crippen LogP contribution < -0.4 is 9.47 Å². The molecule has 4 nitrogen and oxygen atoms in total. The zero-order chi connectivity index (χ0) is 19.2. The van der Waals surface area contributed by atoms with Gasteiger partial charge in [0, 0.05) is 16.1 Å². The third kappa shape index (κ3) is 4.80. The lowest BCUT2D eigenvalue weighted by molar-refractivity contribution is 0.104. The Morgan fingerprint density at radius 2 is 1.96 bits per heavy atom. The number of hydrogen-bond acceptors (Lipinski definition) is 4. The number of ether oxygens (including phenoxy) is 2. The Bertz CT molecular complexity index is 972. The highest BCUT2D eigenvalue weighted by atomic mass is 35.5. The summed E-state index contributed by atoms with van der Waals surface area (Å²) in [5.74, 6) is 2.46.